The molecule has 120 valence electrons. The Morgan fingerprint density at radius 1 is 0.810 bits per heavy atom. The van der Waals surface area contributed by atoms with E-state index in [1.54, 1.807) is 7.11 Å². The van der Waals surface area contributed by atoms with Crippen molar-refractivity contribution in [3.05, 3.63) is 29.8 Å². The second-order valence-electron chi connectivity index (χ2n) is 5.89. The molecule has 0 amide bonds. The van der Waals surface area contributed by atoms with Gasteiger partial charge in [-0.1, -0.05) is 58.1 Å². The Morgan fingerprint density at radius 3 is 2.10 bits per heavy atom. The van der Waals surface area contributed by atoms with E-state index in [2.05, 4.69) is 43.0 Å². The first-order valence-corrected chi connectivity index (χ1v) is 8.65. The van der Waals surface area contributed by atoms with Crippen LogP contribution in [-0.2, 0) is 6.54 Å². The van der Waals surface area contributed by atoms with Gasteiger partial charge in [-0.2, -0.15) is 0 Å². The average Bonchev–Trinajstić information content (AvgIpc) is 2.51. The molecule has 0 atom stereocenters. The van der Waals surface area contributed by atoms with Crippen molar-refractivity contribution in [1.82, 2.24) is 4.90 Å². The average molecular weight is 291 g/mol. The molecule has 0 saturated carbocycles. The largest absolute Gasteiger partial charge is 0.497 e. The van der Waals surface area contributed by atoms with Gasteiger partial charge in [-0.3, -0.25) is 4.90 Å². The Labute approximate surface area is 131 Å². The summed E-state index contributed by atoms with van der Waals surface area (Å²) >= 11 is 0. The zero-order chi connectivity index (χ0) is 15.3. The van der Waals surface area contributed by atoms with Crippen molar-refractivity contribution in [1.29, 1.82) is 0 Å². The molecule has 0 aliphatic rings. The zero-order valence-electron chi connectivity index (χ0n) is 14.2. The van der Waals surface area contributed by atoms with E-state index in [9.17, 15) is 0 Å². The minimum absolute atomic E-state index is 0.941. The standard InChI is InChI=1S/C19H33NO/c1-4-6-7-8-9-10-16-20(15-5-2)17-18-11-13-19(21-3)14-12-18/h11-14H,4-10,15-17H2,1-3H3. The number of rotatable bonds is 12. The third-order valence-electron chi connectivity index (χ3n) is 3.93. The van der Waals surface area contributed by atoms with Gasteiger partial charge in [-0.05, 0) is 43.6 Å². The zero-order valence-corrected chi connectivity index (χ0v) is 14.2. The van der Waals surface area contributed by atoms with Gasteiger partial charge >= 0.3 is 0 Å². The molecular weight excluding hydrogens is 258 g/mol. The molecule has 0 heterocycles. The predicted molar refractivity (Wildman–Crippen MR) is 91.9 cm³/mol. The molecule has 1 aromatic rings. The van der Waals surface area contributed by atoms with Gasteiger partial charge in [0.25, 0.3) is 0 Å². The fourth-order valence-corrected chi connectivity index (χ4v) is 2.69. The van der Waals surface area contributed by atoms with Crippen LogP contribution in [0.15, 0.2) is 24.3 Å². The Morgan fingerprint density at radius 2 is 1.48 bits per heavy atom. The summed E-state index contributed by atoms with van der Waals surface area (Å²) in [6, 6.07) is 8.49. The molecule has 0 N–H and O–H groups in total. The van der Waals surface area contributed by atoms with E-state index in [-0.39, 0.29) is 0 Å². The molecule has 2 heteroatoms. The predicted octanol–water partition coefficient (Wildman–Crippen LogP) is 5.27. The van der Waals surface area contributed by atoms with E-state index >= 15 is 0 Å². The summed E-state index contributed by atoms with van der Waals surface area (Å²) in [5.41, 5.74) is 1.38. The van der Waals surface area contributed by atoms with E-state index in [0.29, 0.717) is 0 Å². The van der Waals surface area contributed by atoms with Gasteiger partial charge in [0.15, 0.2) is 0 Å². The fourth-order valence-electron chi connectivity index (χ4n) is 2.69. The van der Waals surface area contributed by atoms with Gasteiger partial charge in [0, 0.05) is 6.54 Å². The van der Waals surface area contributed by atoms with Gasteiger partial charge in [-0.25, -0.2) is 0 Å². The summed E-state index contributed by atoms with van der Waals surface area (Å²) in [5.74, 6) is 0.941. The first kappa shape index (κ1) is 18.0. The van der Waals surface area contributed by atoms with Crippen molar-refractivity contribution in [3.63, 3.8) is 0 Å². The van der Waals surface area contributed by atoms with E-state index in [4.69, 9.17) is 4.74 Å². The molecule has 0 radical (unpaired) electrons. The van der Waals surface area contributed by atoms with Crippen LogP contribution >= 0.6 is 0 Å². The van der Waals surface area contributed by atoms with Crippen molar-refractivity contribution in [2.75, 3.05) is 20.2 Å². The lowest BCUT2D eigenvalue weighted by Gasteiger charge is -2.22. The maximum absolute atomic E-state index is 5.22. The van der Waals surface area contributed by atoms with E-state index in [1.807, 2.05) is 0 Å². The maximum atomic E-state index is 5.22. The Bertz CT molecular complexity index is 347. The Balaban J connectivity index is 2.31. The van der Waals surface area contributed by atoms with Gasteiger partial charge in [0.2, 0.25) is 0 Å². The third kappa shape index (κ3) is 8.11. The lowest BCUT2D eigenvalue weighted by molar-refractivity contribution is 0.259. The van der Waals surface area contributed by atoms with E-state index in [1.165, 1.54) is 63.6 Å². The molecule has 0 aliphatic heterocycles. The summed E-state index contributed by atoms with van der Waals surface area (Å²) in [7, 11) is 1.72. The highest BCUT2D eigenvalue weighted by Crippen LogP contribution is 2.14. The summed E-state index contributed by atoms with van der Waals surface area (Å²) in [5, 5.41) is 0. The summed E-state index contributed by atoms with van der Waals surface area (Å²) < 4.78 is 5.22. The topological polar surface area (TPSA) is 12.5 Å². The third-order valence-corrected chi connectivity index (χ3v) is 3.93. The number of hydrogen-bond donors (Lipinski definition) is 0. The molecule has 0 fully saturated rings. The maximum Gasteiger partial charge on any atom is 0.118 e. The van der Waals surface area contributed by atoms with Crippen LogP contribution in [0.1, 0.15) is 64.4 Å². The number of benzene rings is 1. The lowest BCUT2D eigenvalue weighted by atomic mass is 10.1. The van der Waals surface area contributed by atoms with Gasteiger partial charge < -0.3 is 4.74 Å². The number of hydrogen-bond acceptors (Lipinski definition) is 2. The highest BCUT2D eigenvalue weighted by molar-refractivity contribution is 5.27. The van der Waals surface area contributed by atoms with Gasteiger partial charge in [0.1, 0.15) is 5.75 Å². The normalized spacial score (nSPS) is 11.0. The quantitative estimate of drug-likeness (QED) is 0.487. The first-order valence-electron chi connectivity index (χ1n) is 8.65. The van der Waals surface area contributed by atoms with E-state index < -0.39 is 0 Å². The molecule has 21 heavy (non-hydrogen) atoms. The van der Waals surface area contributed by atoms with Crippen LogP contribution in [0.2, 0.25) is 0 Å². The highest BCUT2D eigenvalue weighted by Gasteiger charge is 2.05. The number of unbranched alkanes of at least 4 members (excludes halogenated alkanes) is 5. The molecule has 2 nitrogen and oxygen atoms in total. The van der Waals surface area contributed by atoms with Crippen LogP contribution in [0.4, 0.5) is 0 Å². The Kier molecular flexibility index (Phi) is 9.98. The molecule has 1 rings (SSSR count). The molecular formula is C19H33NO. The minimum atomic E-state index is 0.941. The minimum Gasteiger partial charge on any atom is -0.497 e. The Hall–Kier alpha value is -1.02. The molecule has 0 saturated heterocycles. The SMILES string of the molecule is CCCCCCCCN(CCC)Cc1ccc(OC)cc1. The van der Waals surface area contributed by atoms with Crippen LogP contribution in [0.3, 0.4) is 0 Å². The van der Waals surface area contributed by atoms with Crippen LogP contribution in [0.5, 0.6) is 5.75 Å². The van der Waals surface area contributed by atoms with Crippen molar-refractivity contribution in [2.45, 2.75) is 65.3 Å². The van der Waals surface area contributed by atoms with Crippen molar-refractivity contribution < 1.29 is 4.74 Å². The molecule has 0 aromatic heterocycles. The second kappa shape index (κ2) is 11.6. The summed E-state index contributed by atoms with van der Waals surface area (Å²) in [4.78, 5) is 2.58. The molecule has 1 aromatic carbocycles. The van der Waals surface area contributed by atoms with Crippen LogP contribution in [0.25, 0.3) is 0 Å². The van der Waals surface area contributed by atoms with Gasteiger partial charge in [0.05, 0.1) is 7.11 Å². The molecule has 0 unspecified atom stereocenters. The molecule has 0 bridgehead atoms. The fraction of sp³-hybridized carbons (Fsp3) is 0.684. The molecule has 0 spiro atoms. The summed E-state index contributed by atoms with van der Waals surface area (Å²) in [6.07, 6.45) is 9.47. The van der Waals surface area contributed by atoms with E-state index in [0.717, 1.165) is 12.3 Å². The van der Waals surface area contributed by atoms with Crippen LogP contribution < -0.4 is 4.74 Å². The van der Waals surface area contributed by atoms with Gasteiger partial charge in [-0.15, -0.1) is 0 Å². The van der Waals surface area contributed by atoms with Crippen molar-refractivity contribution in [2.24, 2.45) is 0 Å². The van der Waals surface area contributed by atoms with Crippen LogP contribution in [0, 0.1) is 0 Å². The lowest BCUT2D eigenvalue weighted by Crippen LogP contribution is -2.25. The first-order chi connectivity index (χ1) is 10.3. The van der Waals surface area contributed by atoms with Crippen molar-refractivity contribution >= 4 is 0 Å². The monoisotopic (exact) mass is 291 g/mol. The molecule has 0 aliphatic carbocycles. The number of ether oxygens (including phenoxy) is 1. The smallest absolute Gasteiger partial charge is 0.118 e. The van der Waals surface area contributed by atoms with Crippen LogP contribution in [-0.4, -0.2) is 25.1 Å². The highest BCUT2D eigenvalue weighted by atomic mass is 16.5. The summed E-state index contributed by atoms with van der Waals surface area (Å²) in [6.45, 7) is 8.03. The second-order valence-corrected chi connectivity index (χ2v) is 5.89. The number of nitrogens with zero attached hydrogens (tertiary/aromatic N) is 1. The van der Waals surface area contributed by atoms with Crippen molar-refractivity contribution in [3.8, 4) is 5.75 Å². The number of methoxy groups -OCH3 is 1.